The predicted octanol–water partition coefficient (Wildman–Crippen LogP) is 3.69. The number of halogens is 3. The van der Waals surface area contributed by atoms with Crippen LogP contribution in [0.1, 0.15) is 12.5 Å². The largest absolute Gasteiger partial charge is 0.357 e. The predicted molar refractivity (Wildman–Crippen MR) is 127 cm³/mol. The molecule has 11 heteroatoms. The van der Waals surface area contributed by atoms with Crippen LogP contribution in [0.5, 0.6) is 0 Å². The minimum Gasteiger partial charge on any atom is -0.357 e. The molecular weight excluding hydrogens is 529 g/mol. The van der Waals surface area contributed by atoms with Crippen molar-refractivity contribution >= 4 is 66.7 Å². The summed E-state index contributed by atoms with van der Waals surface area (Å²) in [7, 11) is -2.34. The first-order valence-electron chi connectivity index (χ1n) is 9.13. The van der Waals surface area contributed by atoms with Crippen LogP contribution in [-0.2, 0) is 26.2 Å². The fourth-order valence-corrected chi connectivity index (χ4v) is 4.64. The molecule has 2 aromatic rings. The number of carbonyl (C=O) groups excluding carboxylic acids is 2. The second kappa shape index (κ2) is 10.7. The van der Waals surface area contributed by atoms with E-state index in [0.29, 0.717) is 25.8 Å². The van der Waals surface area contributed by atoms with Gasteiger partial charge in [0.2, 0.25) is 21.8 Å². The Hall–Kier alpha value is -1.81. The van der Waals surface area contributed by atoms with E-state index in [9.17, 15) is 18.0 Å². The van der Waals surface area contributed by atoms with Crippen LogP contribution in [-0.4, -0.2) is 51.0 Å². The standard InChI is InChI=1S/C20H22BrCl2N3O4S/c1-13(20(28)24-2)25(11-16-17(22)8-5-9-18(16)23)19(27)12-26(31(3,29)30)15-7-4-6-14(21)10-15/h4-10,13H,11-12H2,1-3H3,(H,24,28)/t13-/m1/s1. The minimum absolute atomic E-state index is 0.0674. The van der Waals surface area contributed by atoms with Crippen molar-refractivity contribution in [2.75, 3.05) is 24.2 Å². The zero-order valence-electron chi connectivity index (χ0n) is 17.1. The minimum atomic E-state index is -3.79. The van der Waals surface area contributed by atoms with Crippen LogP contribution >= 0.6 is 39.1 Å². The van der Waals surface area contributed by atoms with Crippen molar-refractivity contribution in [3.05, 3.63) is 62.5 Å². The molecule has 1 atom stereocenters. The summed E-state index contributed by atoms with van der Waals surface area (Å²) in [6.45, 7) is 0.978. The monoisotopic (exact) mass is 549 g/mol. The van der Waals surface area contributed by atoms with Gasteiger partial charge in [-0.1, -0.05) is 51.3 Å². The van der Waals surface area contributed by atoms with E-state index in [-0.39, 0.29) is 6.54 Å². The van der Waals surface area contributed by atoms with E-state index in [1.807, 2.05) is 0 Å². The van der Waals surface area contributed by atoms with Gasteiger partial charge in [0.1, 0.15) is 12.6 Å². The lowest BCUT2D eigenvalue weighted by atomic mass is 10.1. The van der Waals surface area contributed by atoms with E-state index >= 15 is 0 Å². The summed E-state index contributed by atoms with van der Waals surface area (Å²) in [5.41, 5.74) is 0.775. The van der Waals surface area contributed by atoms with Gasteiger partial charge in [-0.3, -0.25) is 13.9 Å². The number of carbonyl (C=O) groups is 2. The molecule has 0 spiro atoms. The SMILES string of the molecule is CNC(=O)[C@@H](C)N(Cc1c(Cl)cccc1Cl)C(=O)CN(c1cccc(Br)c1)S(C)(=O)=O. The van der Waals surface area contributed by atoms with Gasteiger partial charge in [0, 0.05) is 33.7 Å². The molecular formula is C20H22BrCl2N3O4S. The van der Waals surface area contributed by atoms with Crippen LogP contribution in [0.25, 0.3) is 0 Å². The Morgan fingerprint density at radius 2 is 1.71 bits per heavy atom. The number of sulfonamides is 1. The number of likely N-dealkylation sites (N-methyl/N-ethyl adjacent to an activating group) is 1. The van der Waals surface area contributed by atoms with Gasteiger partial charge in [-0.15, -0.1) is 0 Å². The third-order valence-corrected chi connectivity index (χ3v) is 6.92. The Balaban J connectivity index is 2.44. The summed E-state index contributed by atoms with van der Waals surface area (Å²) >= 11 is 15.8. The number of hydrogen-bond acceptors (Lipinski definition) is 4. The van der Waals surface area contributed by atoms with Gasteiger partial charge in [0.15, 0.2) is 0 Å². The summed E-state index contributed by atoms with van der Waals surface area (Å²) in [6, 6.07) is 10.6. The van der Waals surface area contributed by atoms with Gasteiger partial charge >= 0.3 is 0 Å². The fourth-order valence-electron chi connectivity index (χ4n) is 2.89. The number of benzene rings is 2. The number of nitrogens with one attached hydrogen (secondary N) is 1. The number of anilines is 1. The summed E-state index contributed by atoms with van der Waals surface area (Å²) in [5.74, 6) is -0.998. The summed E-state index contributed by atoms with van der Waals surface area (Å²) in [6.07, 6.45) is 1.01. The lowest BCUT2D eigenvalue weighted by Crippen LogP contribution is -2.50. The normalized spacial score (nSPS) is 12.2. The summed E-state index contributed by atoms with van der Waals surface area (Å²) in [4.78, 5) is 26.8. The highest BCUT2D eigenvalue weighted by Crippen LogP contribution is 2.27. The highest BCUT2D eigenvalue weighted by Gasteiger charge is 2.30. The topological polar surface area (TPSA) is 86.8 Å². The Morgan fingerprint density at radius 1 is 1.13 bits per heavy atom. The zero-order valence-corrected chi connectivity index (χ0v) is 21.0. The number of rotatable bonds is 8. The molecule has 1 N–H and O–H groups in total. The molecule has 0 aromatic heterocycles. The molecule has 0 fully saturated rings. The molecule has 31 heavy (non-hydrogen) atoms. The number of hydrogen-bond donors (Lipinski definition) is 1. The molecule has 0 saturated carbocycles. The van der Waals surface area contributed by atoms with Gasteiger partial charge in [-0.25, -0.2) is 8.42 Å². The lowest BCUT2D eigenvalue weighted by molar-refractivity contribution is -0.139. The van der Waals surface area contributed by atoms with E-state index in [4.69, 9.17) is 23.2 Å². The van der Waals surface area contributed by atoms with Crippen molar-refractivity contribution in [2.45, 2.75) is 19.5 Å². The van der Waals surface area contributed by atoms with Gasteiger partial charge < -0.3 is 10.2 Å². The second-order valence-corrected chi connectivity index (χ2v) is 10.4. The number of amides is 2. The third kappa shape index (κ3) is 6.58. The molecule has 7 nitrogen and oxygen atoms in total. The lowest BCUT2D eigenvalue weighted by Gasteiger charge is -2.31. The summed E-state index contributed by atoms with van der Waals surface area (Å²) in [5, 5.41) is 3.17. The van der Waals surface area contributed by atoms with Crippen molar-refractivity contribution in [1.82, 2.24) is 10.2 Å². The van der Waals surface area contributed by atoms with Crippen molar-refractivity contribution in [3.8, 4) is 0 Å². The van der Waals surface area contributed by atoms with Crippen molar-refractivity contribution < 1.29 is 18.0 Å². The Bertz CT molecular complexity index is 1060. The highest BCUT2D eigenvalue weighted by atomic mass is 79.9. The molecule has 0 aliphatic carbocycles. The highest BCUT2D eigenvalue weighted by molar-refractivity contribution is 9.10. The first kappa shape index (κ1) is 25.5. The molecule has 0 unspecified atom stereocenters. The first-order chi connectivity index (χ1) is 14.5. The maximum Gasteiger partial charge on any atom is 0.244 e. The maximum atomic E-state index is 13.3. The molecule has 168 valence electrons. The molecule has 2 aromatic carbocycles. The molecule has 0 aliphatic rings. The zero-order chi connectivity index (χ0) is 23.3. The third-order valence-electron chi connectivity index (χ3n) is 4.58. The van der Waals surface area contributed by atoms with E-state index in [1.54, 1.807) is 49.4 Å². The number of nitrogens with zero attached hydrogens (tertiary/aromatic N) is 2. The van der Waals surface area contributed by atoms with Gasteiger partial charge in [0.05, 0.1) is 11.9 Å². The smallest absolute Gasteiger partial charge is 0.244 e. The quantitative estimate of drug-likeness (QED) is 0.543. The van der Waals surface area contributed by atoms with E-state index in [1.165, 1.54) is 11.9 Å². The molecule has 0 aliphatic heterocycles. The van der Waals surface area contributed by atoms with Gasteiger partial charge in [-0.05, 0) is 37.3 Å². The Kier molecular flexibility index (Phi) is 8.76. The van der Waals surface area contributed by atoms with E-state index in [0.717, 1.165) is 10.6 Å². The van der Waals surface area contributed by atoms with Crippen LogP contribution in [0.4, 0.5) is 5.69 Å². The van der Waals surface area contributed by atoms with Crippen LogP contribution < -0.4 is 9.62 Å². The second-order valence-electron chi connectivity index (χ2n) is 6.76. The van der Waals surface area contributed by atoms with Gasteiger partial charge in [-0.2, -0.15) is 0 Å². The molecule has 0 radical (unpaired) electrons. The Morgan fingerprint density at radius 3 is 2.23 bits per heavy atom. The van der Waals surface area contributed by atoms with Crippen molar-refractivity contribution in [2.24, 2.45) is 0 Å². The van der Waals surface area contributed by atoms with Crippen LogP contribution in [0.2, 0.25) is 10.0 Å². The van der Waals surface area contributed by atoms with Gasteiger partial charge in [0.25, 0.3) is 0 Å². The molecule has 2 rings (SSSR count). The van der Waals surface area contributed by atoms with Crippen LogP contribution in [0.15, 0.2) is 46.9 Å². The van der Waals surface area contributed by atoms with Crippen LogP contribution in [0, 0.1) is 0 Å². The maximum absolute atomic E-state index is 13.3. The molecule has 0 bridgehead atoms. The van der Waals surface area contributed by atoms with E-state index in [2.05, 4.69) is 21.2 Å². The molecule has 0 saturated heterocycles. The molecule has 0 heterocycles. The average molecular weight is 551 g/mol. The van der Waals surface area contributed by atoms with Crippen molar-refractivity contribution in [1.29, 1.82) is 0 Å². The average Bonchev–Trinajstić information content (AvgIpc) is 2.69. The fraction of sp³-hybridized carbons (Fsp3) is 0.300. The van der Waals surface area contributed by atoms with Crippen LogP contribution in [0.3, 0.4) is 0 Å². The van der Waals surface area contributed by atoms with E-state index < -0.39 is 34.4 Å². The molecule has 2 amide bonds. The Labute approximate surface area is 200 Å². The first-order valence-corrected chi connectivity index (χ1v) is 12.5. The van der Waals surface area contributed by atoms with Crippen molar-refractivity contribution in [3.63, 3.8) is 0 Å². The summed E-state index contributed by atoms with van der Waals surface area (Å²) < 4.78 is 26.5.